The van der Waals surface area contributed by atoms with Crippen LogP contribution >= 0.6 is 0 Å². The van der Waals surface area contributed by atoms with Crippen LogP contribution < -0.4 is 10.6 Å². The number of fused-ring (bicyclic) bond motifs is 1. The zero-order valence-electron chi connectivity index (χ0n) is 9.95. The van der Waals surface area contributed by atoms with Gasteiger partial charge in [0.05, 0.1) is 0 Å². The highest BCUT2D eigenvalue weighted by Gasteiger charge is 2.03. The monoisotopic (exact) mass is 229 g/mol. The van der Waals surface area contributed by atoms with Gasteiger partial charge in [0.2, 0.25) is 0 Å². The Morgan fingerprint density at radius 3 is 3.00 bits per heavy atom. The summed E-state index contributed by atoms with van der Waals surface area (Å²) in [5, 5.41) is 7.54. The minimum absolute atomic E-state index is 0.230. The van der Waals surface area contributed by atoms with Crippen LogP contribution in [0.25, 0.3) is 10.8 Å². The van der Waals surface area contributed by atoms with Crippen LogP contribution in [0.5, 0.6) is 0 Å². The van der Waals surface area contributed by atoms with Gasteiger partial charge >= 0.3 is 6.03 Å². The standard InChI is InChI=1S/C13H15N3O/c1-3-14-13(17)16-12-7-10-6-4-5-9(2)11(10)8-15-12/h4-8H,3H2,1-2H3,(H2,14,15,16,17). The minimum atomic E-state index is -0.230. The Hall–Kier alpha value is -2.10. The van der Waals surface area contributed by atoms with Crippen LogP contribution in [-0.4, -0.2) is 17.6 Å². The minimum Gasteiger partial charge on any atom is -0.338 e. The van der Waals surface area contributed by atoms with E-state index >= 15 is 0 Å². The molecule has 0 saturated carbocycles. The largest absolute Gasteiger partial charge is 0.338 e. The molecule has 2 amide bonds. The first-order valence-corrected chi connectivity index (χ1v) is 5.61. The fourth-order valence-corrected chi connectivity index (χ4v) is 1.71. The molecule has 0 fully saturated rings. The number of urea groups is 1. The maximum Gasteiger partial charge on any atom is 0.320 e. The third-order valence-corrected chi connectivity index (χ3v) is 2.56. The molecule has 17 heavy (non-hydrogen) atoms. The first-order chi connectivity index (χ1) is 8.20. The van der Waals surface area contributed by atoms with Crippen LogP contribution in [0.1, 0.15) is 12.5 Å². The summed E-state index contributed by atoms with van der Waals surface area (Å²) < 4.78 is 0. The summed E-state index contributed by atoms with van der Waals surface area (Å²) in [6, 6.07) is 7.69. The molecule has 4 nitrogen and oxygen atoms in total. The Morgan fingerprint density at radius 1 is 1.41 bits per heavy atom. The third-order valence-electron chi connectivity index (χ3n) is 2.56. The molecule has 0 unspecified atom stereocenters. The molecule has 2 aromatic rings. The second-order valence-corrected chi connectivity index (χ2v) is 3.85. The number of hydrogen-bond acceptors (Lipinski definition) is 2. The van der Waals surface area contributed by atoms with Gasteiger partial charge in [0, 0.05) is 18.1 Å². The van der Waals surface area contributed by atoms with Gasteiger partial charge in [0.15, 0.2) is 0 Å². The van der Waals surface area contributed by atoms with E-state index in [9.17, 15) is 4.79 Å². The van der Waals surface area contributed by atoms with Crippen LogP contribution in [0.4, 0.5) is 10.6 Å². The van der Waals surface area contributed by atoms with E-state index in [-0.39, 0.29) is 6.03 Å². The van der Waals surface area contributed by atoms with Gasteiger partial charge in [-0.2, -0.15) is 0 Å². The average Bonchev–Trinajstić information content (AvgIpc) is 2.29. The fraction of sp³-hybridized carbons (Fsp3) is 0.231. The van der Waals surface area contributed by atoms with Crippen LogP contribution in [-0.2, 0) is 0 Å². The van der Waals surface area contributed by atoms with Crippen molar-refractivity contribution >= 4 is 22.6 Å². The Morgan fingerprint density at radius 2 is 2.24 bits per heavy atom. The van der Waals surface area contributed by atoms with E-state index in [4.69, 9.17) is 0 Å². The lowest BCUT2D eigenvalue weighted by Gasteiger charge is -2.07. The van der Waals surface area contributed by atoms with Crippen molar-refractivity contribution in [3.05, 3.63) is 36.0 Å². The molecule has 1 aromatic heterocycles. The number of aryl methyl sites for hydroxylation is 1. The lowest BCUT2D eigenvalue weighted by atomic mass is 10.1. The molecule has 1 aromatic carbocycles. The van der Waals surface area contributed by atoms with Gasteiger partial charge < -0.3 is 5.32 Å². The molecule has 0 radical (unpaired) electrons. The van der Waals surface area contributed by atoms with Gasteiger partial charge in [-0.1, -0.05) is 18.2 Å². The summed E-state index contributed by atoms with van der Waals surface area (Å²) in [6.45, 7) is 4.51. The van der Waals surface area contributed by atoms with Crippen LogP contribution in [0.15, 0.2) is 30.5 Å². The normalized spacial score (nSPS) is 10.2. The summed E-state index contributed by atoms with van der Waals surface area (Å²) >= 11 is 0. The Kier molecular flexibility index (Phi) is 3.23. The van der Waals surface area contributed by atoms with Crippen LogP contribution in [0, 0.1) is 6.92 Å². The summed E-state index contributed by atoms with van der Waals surface area (Å²) in [5.41, 5.74) is 1.18. The maximum atomic E-state index is 11.4. The molecular formula is C13H15N3O. The predicted octanol–water partition coefficient (Wildman–Crippen LogP) is 2.68. The molecule has 4 heteroatoms. The van der Waals surface area contributed by atoms with Crippen LogP contribution in [0.3, 0.4) is 0 Å². The van der Waals surface area contributed by atoms with Crippen molar-refractivity contribution < 1.29 is 4.79 Å². The van der Waals surface area contributed by atoms with Gasteiger partial charge in [-0.15, -0.1) is 0 Å². The number of aromatic nitrogens is 1. The van der Waals surface area contributed by atoms with Crippen molar-refractivity contribution in [2.45, 2.75) is 13.8 Å². The maximum absolute atomic E-state index is 11.4. The third kappa shape index (κ3) is 2.53. The van der Waals surface area contributed by atoms with Crippen molar-refractivity contribution in [1.29, 1.82) is 0 Å². The highest BCUT2D eigenvalue weighted by molar-refractivity contribution is 5.92. The number of carbonyl (C=O) groups is 1. The molecular weight excluding hydrogens is 214 g/mol. The number of carbonyl (C=O) groups excluding carboxylic acids is 1. The molecule has 88 valence electrons. The van der Waals surface area contributed by atoms with Gasteiger partial charge in [0.25, 0.3) is 0 Å². The quantitative estimate of drug-likeness (QED) is 0.831. The number of benzene rings is 1. The number of nitrogens with one attached hydrogen (secondary N) is 2. The van der Waals surface area contributed by atoms with Crippen molar-refractivity contribution in [1.82, 2.24) is 10.3 Å². The van der Waals surface area contributed by atoms with Crippen LogP contribution in [0.2, 0.25) is 0 Å². The zero-order valence-corrected chi connectivity index (χ0v) is 9.95. The first kappa shape index (κ1) is 11.4. The zero-order chi connectivity index (χ0) is 12.3. The Bertz CT molecular complexity index is 551. The van der Waals surface area contributed by atoms with Gasteiger partial charge in [-0.25, -0.2) is 9.78 Å². The summed E-state index contributed by atoms with van der Waals surface area (Å²) in [4.78, 5) is 15.6. The molecule has 1 heterocycles. The van der Waals surface area contributed by atoms with Crippen molar-refractivity contribution in [3.8, 4) is 0 Å². The molecule has 0 aliphatic carbocycles. The first-order valence-electron chi connectivity index (χ1n) is 5.61. The van der Waals surface area contributed by atoms with E-state index < -0.39 is 0 Å². The van der Waals surface area contributed by atoms with E-state index in [2.05, 4.69) is 15.6 Å². The Balaban J connectivity index is 2.29. The highest BCUT2D eigenvalue weighted by atomic mass is 16.2. The Labute approximate surface area is 100 Å². The molecule has 2 rings (SSSR count). The van der Waals surface area contributed by atoms with Gasteiger partial charge in [-0.05, 0) is 30.9 Å². The van der Waals surface area contributed by atoms with E-state index in [1.807, 2.05) is 38.1 Å². The number of rotatable bonds is 2. The number of pyridine rings is 1. The second-order valence-electron chi connectivity index (χ2n) is 3.85. The van der Waals surface area contributed by atoms with E-state index in [1.165, 1.54) is 5.56 Å². The van der Waals surface area contributed by atoms with Crippen molar-refractivity contribution in [3.63, 3.8) is 0 Å². The summed E-state index contributed by atoms with van der Waals surface area (Å²) in [7, 11) is 0. The highest BCUT2D eigenvalue weighted by Crippen LogP contribution is 2.19. The van der Waals surface area contributed by atoms with Gasteiger partial charge in [-0.3, -0.25) is 5.32 Å². The van der Waals surface area contributed by atoms with Crippen molar-refractivity contribution in [2.75, 3.05) is 11.9 Å². The average molecular weight is 229 g/mol. The molecule has 0 spiro atoms. The smallest absolute Gasteiger partial charge is 0.320 e. The second kappa shape index (κ2) is 4.82. The summed E-state index contributed by atoms with van der Waals surface area (Å²) in [5.74, 6) is 0.564. The molecule has 2 N–H and O–H groups in total. The SMILES string of the molecule is CCNC(=O)Nc1cc2cccc(C)c2cn1. The fourth-order valence-electron chi connectivity index (χ4n) is 1.71. The lowest BCUT2D eigenvalue weighted by Crippen LogP contribution is -2.28. The number of nitrogens with zero attached hydrogens (tertiary/aromatic N) is 1. The number of amides is 2. The van der Waals surface area contributed by atoms with Crippen molar-refractivity contribution in [2.24, 2.45) is 0 Å². The molecule has 0 saturated heterocycles. The predicted molar refractivity (Wildman–Crippen MR) is 69.2 cm³/mol. The topological polar surface area (TPSA) is 54.0 Å². The molecule has 0 aliphatic heterocycles. The van der Waals surface area contributed by atoms with E-state index in [0.717, 1.165) is 10.8 Å². The summed E-state index contributed by atoms with van der Waals surface area (Å²) in [6.07, 6.45) is 1.78. The van der Waals surface area contributed by atoms with E-state index in [1.54, 1.807) is 6.20 Å². The van der Waals surface area contributed by atoms with E-state index in [0.29, 0.717) is 12.4 Å². The lowest BCUT2D eigenvalue weighted by molar-refractivity contribution is 0.252. The molecule has 0 atom stereocenters. The number of anilines is 1. The molecule has 0 bridgehead atoms. The number of hydrogen-bond donors (Lipinski definition) is 2. The molecule has 0 aliphatic rings. The van der Waals surface area contributed by atoms with Gasteiger partial charge in [0.1, 0.15) is 5.82 Å².